The van der Waals surface area contributed by atoms with Gasteiger partial charge in [0, 0.05) is 51.9 Å². The lowest BCUT2D eigenvalue weighted by atomic mass is 10.1. The maximum absolute atomic E-state index is 6.08. The van der Waals surface area contributed by atoms with Crippen LogP contribution in [0.1, 0.15) is 36.8 Å². The number of benzene rings is 1. The summed E-state index contributed by atoms with van der Waals surface area (Å²) in [6, 6.07) is 6.46. The van der Waals surface area contributed by atoms with E-state index >= 15 is 0 Å². The predicted molar refractivity (Wildman–Crippen MR) is 121 cm³/mol. The van der Waals surface area contributed by atoms with Gasteiger partial charge in [-0.15, -0.1) is 0 Å². The highest BCUT2D eigenvalue weighted by Gasteiger charge is 2.22. The number of rotatable bonds is 10. The molecule has 6 nitrogen and oxygen atoms in total. The van der Waals surface area contributed by atoms with E-state index in [0.717, 1.165) is 43.7 Å². The van der Waals surface area contributed by atoms with Crippen LogP contribution in [0.5, 0.6) is 5.75 Å². The zero-order valence-electron chi connectivity index (χ0n) is 18.5. The van der Waals surface area contributed by atoms with Gasteiger partial charge in [-0.05, 0) is 63.7 Å². The molecule has 2 fully saturated rings. The van der Waals surface area contributed by atoms with Crippen LogP contribution in [-0.2, 0) is 6.54 Å². The van der Waals surface area contributed by atoms with Crippen LogP contribution in [0.3, 0.4) is 0 Å². The third-order valence-electron chi connectivity index (χ3n) is 5.85. The Kier molecular flexibility index (Phi) is 8.62. The molecule has 3 rings (SSSR count). The average molecular weight is 402 g/mol. The first-order valence-electron chi connectivity index (χ1n) is 11.2. The molecule has 1 saturated carbocycles. The Hall–Kier alpha value is -1.79. The highest BCUT2D eigenvalue weighted by Crippen LogP contribution is 2.30. The van der Waals surface area contributed by atoms with E-state index in [1.165, 1.54) is 63.1 Å². The Balaban J connectivity index is 1.34. The summed E-state index contributed by atoms with van der Waals surface area (Å²) in [4.78, 5) is 9.35. The lowest BCUT2D eigenvalue weighted by Crippen LogP contribution is -2.44. The number of nitrogens with zero attached hydrogens (tertiary/aromatic N) is 3. The largest absolute Gasteiger partial charge is 0.493 e. The van der Waals surface area contributed by atoms with E-state index in [0.29, 0.717) is 0 Å². The average Bonchev–Trinajstić information content (AvgIpc) is 3.55. The Labute approximate surface area is 176 Å². The molecule has 0 bridgehead atoms. The molecule has 1 aromatic rings. The number of aryl methyl sites for hydroxylation is 1. The molecule has 0 spiro atoms. The maximum atomic E-state index is 6.08. The summed E-state index contributed by atoms with van der Waals surface area (Å²) in [6.45, 7) is 10.6. The van der Waals surface area contributed by atoms with Crippen molar-refractivity contribution in [3.05, 3.63) is 29.3 Å². The van der Waals surface area contributed by atoms with Crippen LogP contribution in [0, 0.1) is 12.8 Å². The molecule has 6 heteroatoms. The SMILES string of the molecule is CN=C(NCCCCN1CCN(C)CC1)NCc1ccc(C)cc1OCC1CC1. The summed E-state index contributed by atoms with van der Waals surface area (Å²) in [7, 11) is 4.04. The molecule has 1 aliphatic carbocycles. The van der Waals surface area contributed by atoms with Crippen molar-refractivity contribution >= 4 is 5.96 Å². The lowest BCUT2D eigenvalue weighted by molar-refractivity contribution is 0.152. The Bertz CT molecular complexity index is 651. The van der Waals surface area contributed by atoms with Gasteiger partial charge in [0.1, 0.15) is 5.75 Å². The maximum Gasteiger partial charge on any atom is 0.191 e. The molecular formula is C23H39N5O. The van der Waals surface area contributed by atoms with Gasteiger partial charge in [0.05, 0.1) is 6.61 Å². The summed E-state index contributed by atoms with van der Waals surface area (Å²) in [5, 5.41) is 6.88. The highest BCUT2D eigenvalue weighted by molar-refractivity contribution is 5.79. The molecule has 0 unspecified atom stereocenters. The van der Waals surface area contributed by atoms with E-state index in [1.807, 2.05) is 7.05 Å². The first-order chi connectivity index (χ1) is 14.1. The Morgan fingerprint density at radius 2 is 1.93 bits per heavy atom. The standard InChI is InChI=1S/C23H39N5O/c1-19-6-9-21(22(16-19)29-18-20-7-8-20)17-26-23(24-2)25-10-4-5-11-28-14-12-27(3)13-15-28/h6,9,16,20H,4-5,7-8,10-15,17-18H2,1-3H3,(H2,24,25,26). The van der Waals surface area contributed by atoms with Gasteiger partial charge >= 0.3 is 0 Å². The number of aliphatic imine (C=N–C) groups is 1. The van der Waals surface area contributed by atoms with Crippen LogP contribution >= 0.6 is 0 Å². The van der Waals surface area contributed by atoms with Crippen molar-refractivity contribution in [3.8, 4) is 5.75 Å². The summed E-state index contributed by atoms with van der Waals surface area (Å²) >= 11 is 0. The van der Waals surface area contributed by atoms with Crippen LogP contribution in [0.2, 0.25) is 0 Å². The first-order valence-corrected chi connectivity index (χ1v) is 11.2. The smallest absolute Gasteiger partial charge is 0.191 e. The fourth-order valence-corrected chi connectivity index (χ4v) is 3.57. The minimum absolute atomic E-state index is 0.723. The number of nitrogens with one attached hydrogen (secondary N) is 2. The predicted octanol–water partition coefficient (Wildman–Crippen LogP) is 2.48. The van der Waals surface area contributed by atoms with Crippen molar-refractivity contribution in [2.45, 2.75) is 39.2 Å². The second kappa shape index (κ2) is 11.4. The summed E-state index contributed by atoms with van der Waals surface area (Å²) in [5.41, 5.74) is 2.43. The minimum Gasteiger partial charge on any atom is -0.493 e. The molecule has 2 N–H and O–H groups in total. The number of unbranched alkanes of at least 4 members (excludes halogenated alkanes) is 1. The monoisotopic (exact) mass is 401 g/mol. The molecule has 29 heavy (non-hydrogen) atoms. The normalized spacial score (nSPS) is 18.7. The van der Waals surface area contributed by atoms with Crippen LogP contribution in [0.15, 0.2) is 23.2 Å². The number of hydrogen-bond acceptors (Lipinski definition) is 4. The third-order valence-corrected chi connectivity index (χ3v) is 5.85. The van der Waals surface area contributed by atoms with Gasteiger partial charge in [-0.2, -0.15) is 0 Å². The number of ether oxygens (including phenoxy) is 1. The minimum atomic E-state index is 0.723. The molecule has 2 aliphatic rings. The van der Waals surface area contributed by atoms with Crippen LogP contribution < -0.4 is 15.4 Å². The molecule has 0 radical (unpaired) electrons. The van der Waals surface area contributed by atoms with Crippen LogP contribution in [0.25, 0.3) is 0 Å². The van der Waals surface area contributed by atoms with Gasteiger partial charge in [0.2, 0.25) is 0 Å². The first kappa shape index (κ1) is 21.9. The topological polar surface area (TPSA) is 52.1 Å². The van der Waals surface area contributed by atoms with Crippen LogP contribution in [0.4, 0.5) is 0 Å². The second-order valence-electron chi connectivity index (χ2n) is 8.57. The molecular weight excluding hydrogens is 362 g/mol. The highest BCUT2D eigenvalue weighted by atomic mass is 16.5. The number of likely N-dealkylation sites (N-methyl/N-ethyl adjacent to an activating group) is 1. The summed E-state index contributed by atoms with van der Waals surface area (Å²) < 4.78 is 6.08. The molecule has 1 saturated heterocycles. The van der Waals surface area contributed by atoms with Crippen molar-refractivity contribution in [2.75, 3.05) is 60.0 Å². The molecule has 0 amide bonds. The van der Waals surface area contributed by atoms with E-state index in [4.69, 9.17) is 4.74 Å². The van der Waals surface area contributed by atoms with Crippen molar-refractivity contribution in [1.82, 2.24) is 20.4 Å². The van der Waals surface area contributed by atoms with Gasteiger partial charge in [-0.1, -0.05) is 12.1 Å². The summed E-state index contributed by atoms with van der Waals surface area (Å²) in [6.07, 6.45) is 5.01. The number of hydrogen-bond donors (Lipinski definition) is 2. The van der Waals surface area contributed by atoms with Crippen molar-refractivity contribution < 1.29 is 4.74 Å². The molecule has 1 aromatic carbocycles. The molecule has 1 heterocycles. The van der Waals surface area contributed by atoms with E-state index in [-0.39, 0.29) is 0 Å². The van der Waals surface area contributed by atoms with E-state index < -0.39 is 0 Å². The zero-order chi connectivity index (χ0) is 20.5. The van der Waals surface area contributed by atoms with Crippen LogP contribution in [-0.4, -0.2) is 75.7 Å². The van der Waals surface area contributed by atoms with Crippen molar-refractivity contribution in [2.24, 2.45) is 10.9 Å². The van der Waals surface area contributed by atoms with Gasteiger partial charge in [-0.3, -0.25) is 4.99 Å². The number of guanidine groups is 1. The summed E-state index contributed by atoms with van der Waals surface area (Å²) in [5.74, 6) is 2.63. The van der Waals surface area contributed by atoms with E-state index in [1.54, 1.807) is 0 Å². The van der Waals surface area contributed by atoms with Gasteiger partial charge in [-0.25, -0.2) is 0 Å². The Morgan fingerprint density at radius 1 is 1.14 bits per heavy atom. The van der Waals surface area contributed by atoms with Gasteiger partial charge in [0.15, 0.2) is 5.96 Å². The quantitative estimate of drug-likeness (QED) is 0.358. The Morgan fingerprint density at radius 3 is 2.66 bits per heavy atom. The molecule has 162 valence electrons. The number of piperazine rings is 1. The fourth-order valence-electron chi connectivity index (χ4n) is 3.57. The molecule has 1 aliphatic heterocycles. The lowest BCUT2D eigenvalue weighted by Gasteiger charge is -2.32. The van der Waals surface area contributed by atoms with Gasteiger partial charge < -0.3 is 25.2 Å². The molecule has 0 aromatic heterocycles. The fraction of sp³-hybridized carbons (Fsp3) is 0.696. The molecule has 0 atom stereocenters. The second-order valence-corrected chi connectivity index (χ2v) is 8.57. The van der Waals surface area contributed by atoms with Gasteiger partial charge in [0.25, 0.3) is 0 Å². The van der Waals surface area contributed by atoms with E-state index in [2.05, 4.69) is 57.6 Å². The van der Waals surface area contributed by atoms with Crippen molar-refractivity contribution in [1.29, 1.82) is 0 Å². The van der Waals surface area contributed by atoms with Crippen molar-refractivity contribution in [3.63, 3.8) is 0 Å². The zero-order valence-corrected chi connectivity index (χ0v) is 18.5. The third kappa shape index (κ3) is 7.86. The van der Waals surface area contributed by atoms with E-state index in [9.17, 15) is 0 Å².